The number of carbonyl (C=O) groups is 1. The van der Waals surface area contributed by atoms with Crippen LogP contribution in [-0.4, -0.2) is 30.0 Å². The maximum absolute atomic E-state index is 10.9. The lowest BCUT2D eigenvalue weighted by molar-refractivity contribution is -0.259. The van der Waals surface area contributed by atoms with Gasteiger partial charge in [0.1, 0.15) is 5.75 Å². The maximum atomic E-state index is 10.9. The Morgan fingerprint density at radius 3 is 2.92 bits per heavy atom. The van der Waals surface area contributed by atoms with Gasteiger partial charge in [-0.2, -0.15) is 4.28 Å². The van der Waals surface area contributed by atoms with Crippen molar-refractivity contribution in [1.82, 2.24) is 10.7 Å². The second-order valence-corrected chi connectivity index (χ2v) is 6.43. The molecule has 1 aliphatic heterocycles. The summed E-state index contributed by atoms with van der Waals surface area (Å²) in [6.45, 7) is 2.66. The van der Waals surface area contributed by atoms with Crippen LogP contribution in [0.3, 0.4) is 0 Å². The molecule has 138 valence electrons. The first-order valence-electron chi connectivity index (χ1n) is 8.22. The van der Waals surface area contributed by atoms with Crippen molar-refractivity contribution < 1.29 is 23.9 Å². The fraction of sp³-hybridized carbons (Fsp3) is 0.471. The van der Waals surface area contributed by atoms with E-state index in [4.69, 9.17) is 19.1 Å². The molecule has 0 bridgehead atoms. The van der Waals surface area contributed by atoms with Crippen LogP contribution in [0.5, 0.6) is 5.75 Å². The fourth-order valence-electron chi connectivity index (χ4n) is 2.34. The second kappa shape index (κ2) is 10.3. The molecule has 1 aliphatic rings. The van der Waals surface area contributed by atoms with Crippen molar-refractivity contribution in [2.45, 2.75) is 39.0 Å². The highest BCUT2D eigenvalue weighted by Gasteiger charge is 2.21. The van der Waals surface area contributed by atoms with Crippen molar-refractivity contribution in [3.05, 3.63) is 34.4 Å². The molecule has 8 heteroatoms. The lowest BCUT2D eigenvalue weighted by Crippen LogP contribution is -2.18. The van der Waals surface area contributed by atoms with E-state index in [1.54, 1.807) is 12.6 Å². The number of aryl methyl sites for hydroxylation is 1. The minimum Gasteiger partial charge on any atom is -0.496 e. The summed E-state index contributed by atoms with van der Waals surface area (Å²) < 4.78 is 10.8. The molecule has 0 spiro atoms. The van der Waals surface area contributed by atoms with E-state index < -0.39 is 0 Å². The first kappa shape index (κ1) is 19.6. The molecule has 0 aliphatic carbocycles. The molecule has 25 heavy (non-hydrogen) atoms. The molecule has 1 heterocycles. The number of hydroxylamine groups is 3. The molecule has 1 aromatic carbocycles. The maximum Gasteiger partial charge on any atom is 0.243 e. The zero-order chi connectivity index (χ0) is 18.1. The lowest BCUT2D eigenvalue weighted by atomic mass is 10.1. The van der Waals surface area contributed by atoms with Crippen LogP contribution in [0, 0.1) is 6.92 Å². The van der Waals surface area contributed by atoms with Crippen LogP contribution in [0.1, 0.15) is 43.2 Å². The molecule has 1 amide bonds. The summed E-state index contributed by atoms with van der Waals surface area (Å²) in [6, 6.07) is 5.97. The number of benzene rings is 1. The number of ether oxygens (including phenoxy) is 1. The number of carbonyl (C=O) groups excluding carboxylic acids is 1. The summed E-state index contributed by atoms with van der Waals surface area (Å²) in [6.07, 6.45) is 5.74. The molecule has 1 aromatic rings. The summed E-state index contributed by atoms with van der Waals surface area (Å²) in [5.41, 5.74) is 3.70. The van der Waals surface area contributed by atoms with Gasteiger partial charge in [0, 0.05) is 18.1 Å². The number of nitrogens with one attached hydrogen (secondary N) is 1. The monoisotopic (exact) mass is 368 g/mol. The summed E-state index contributed by atoms with van der Waals surface area (Å²) in [4.78, 5) is 16.5. The molecular formula is C17H24N2O5S. The van der Waals surface area contributed by atoms with Gasteiger partial charge < -0.3 is 9.57 Å². The molecule has 1 saturated heterocycles. The van der Waals surface area contributed by atoms with Crippen molar-refractivity contribution in [2.75, 3.05) is 13.7 Å². The molecule has 7 nitrogen and oxygen atoms in total. The van der Waals surface area contributed by atoms with Gasteiger partial charge >= 0.3 is 0 Å². The Balaban J connectivity index is 1.72. The Hall–Kier alpha value is -1.74. The van der Waals surface area contributed by atoms with Crippen molar-refractivity contribution in [3.8, 4) is 5.75 Å². The second-order valence-electron chi connectivity index (χ2n) is 5.71. The molecule has 0 radical (unpaired) electrons. The predicted molar refractivity (Wildman–Crippen MR) is 95.2 cm³/mol. The van der Waals surface area contributed by atoms with E-state index in [1.165, 1.54) is 17.3 Å². The number of amides is 1. The topological polar surface area (TPSA) is 80.3 Å². The lowest BCUT2D eigenvalue weighted by Gasteiger charge is -2.10. The number of rotatable bonds is 9. The summed E-state index contributed by atoms with van der Waals surface area (Å²) >= 11 is 1.17. The standard InChI is InChI=1S/C17H24N2O5S/c1-13-8-9-14(15(11-13)22-2)12-17-23-19(24-25-17)10-6-4-3-5-7-16(20)18-21/h8-9,11-12,21H,3-7,10H2,1-2H3,(H,18,20). The number of hydrogen-bond acceptors (Lipinski definition) is 7. The van der Waals surface area contributed by atoms with Crippen LogP contribution in [0.15, 0.2) is 23.3 Å². The first-order chi connectivity index (χ1) is 12.1. The quantitative estimate of drug-likeness (QED) is 0.298. The minimum absolute atomic E-state index is 0.342. The number of hydrogen-bond donors (Lipinski definition) is 2. The third-order valence-corrected chi connectivity index (χ3v) is 4.27. The van der Waals surface area contributed by atoms with E-state index in [0.29, 0.717) is 18.1 Å². The summed E-state index contributed by atoms with van der Waals surface area (Å²) in [5.74, 6) is 0.450. The van der Waals surface area contributed by atoms with Crippen LogP contribution >= 0.6 is 12.0 Å². The first-order valence-corrected chi connectivity index (χ1v) is 8.96. The van der Waals surface area contributed by atoms with Crippen LogP contribution in [0.4, 0.5) is 0 Å². The predicted octanol–water partition coefficient (Wildman–Crippen LogP) is 3.58. The van der Waals surface area contributed by atoms with Crippen LogP contribution in [-0.2, 0) is 13.9 Å². The van der Waals surface area contributed by atoms with Gasteiger partial charge in [-0.05, 0) is 36.6 Å². The van der Waals surface area contributed by atoms with Gasteiger partial charge in [0.2, 0.25) is 11.0 Å². The Bertz CT molecular complexity index is 609. The number of nitrogens with zero attached hydrogens (tertiary/aromatic N) is 1. The van der Waals surface area contributed by atoms with Gasteiger partial charge in [-0.15, -0.1) is 0 Å². The zero-order valence-corrected chi connectivity index (χ0v) is 15.3. The molecule has 0 atom stereocenters. The van der Waals surface area contributed by atoms with E-state index in [0.717, 1.165) is 42.6 Å². The third-order valence-electron chi connectivity index (χ3n) is 3.68. The average Bonchev–Trinajstić information content (AvgIpc) is 3.06. The molecule has 0 saturated carbocycles. The van der Waals surface area contributed by atoms with E-state index in [2.05, 4.69) is 0 Å². The molecule has 2 N–H and O–H groups in total. The average molecular weight is 368 g/mol. The van der Waals surface area contributed by atoms with Gasteiger partial charge in [-0.1, -0.05) is 25.0 Å². The van der Waals surface area contributed by atoms with E-state index in [-0.39, 0.29) is 5.91 Å². The Morgan fingerprint density at radius 1 is 1.36 bits per heavy atom. The van der Waals surface area contributed by atoms with Gasteiger partial charge in [0.05, 0.1) is 25.7 Å². The SMILES string of the molecule is COc1cc(C)ccc1C=C1ON(CCCCCCC(=O)NO)OS1. The van der Waals surface area contributed by atoms with Crippen LogP contribution in [0.25, 0.3) is 6.08 Å². The van der Waals surface area contributed by atoms with E-state index in [9.17, 15) is 4.79 Å². The highest BCUT2D eigenvalue weighted by molar-refractivity contribution is 7.98. The smallest absolute Gasteiger partial charge is 0.243 e. The summed E-state index contributed by atoms with van der Waals surface area (Å²) in [7, 11) is 1.65. The van der Waals surface area contributed by atoms with Crippen molar-refractivity contribution >= 4 is 24.0 Å². The number of methoxy groups -OCH3 is 1. The number of unbranched alkanes of at least 4 members (excludes halogenated alkanes) is 3. The van der Waals surface area contributed by atoms with Crippen molar-refractivity contribution in [1.29, 1.82) is 0 Å². The molecular weight excluding hydrogens is 344 g/mol. The molecule has 0 aromatic heterocycles. The Labute approximate surface area is 152 Å². The van der Waals surface area contributed by atoms with Gasteiger partial charge in [-0.3, -0.25) is 10.0 Å². The Morgan fingerprint density at radius 2 is 2.16 bits per heavy atom. The molecule has 1 fully saturated rings. The zero-order valence-electron chi connectivity index (χ0n) is 14.5. The van der Waals surface area contributed by atoms with Crippen LogP contribution < -0.4 is 10.2 Å². The van der Waals surface area contributed by atoms with Crippen molar-refractivity contribution in [3.63, 3.8) is 0 Å². The highest BCUT2D eigenvalue weighted by Crippen LogP contribution is 2.33. The highest BCUT2D eigenvalue weighted by atomic mass is 32.2. The Kier molecular flexibility index (Phi) is 8.07. The van der Waals surface area contributed by atoms with Gasteiger partial charge in [-0.25, -0.2) is 5.48 Å². The van der Waals surface area contributed by atoms with E-state index in [1.807, 2.05) is 31.2 Å². The van der Waals surface area contributed by atoms with E-state index >= 15 is 0 Å². The molecule has 0 unspecified atom stereocenters. The molecule has 2 rings (SSSR count). The fourth-order valence-corrected chi connectivity index (χ4v) is 2.89. The minimum atomic E-state index is -0.344. The normalized spacial score (nSPS) is 16.0. The van der Waals surface area contributed by atoms with Crippen LogP contribution in [0.2, 0.25) is 0 Å². The third kappa shape index (κ3) is 6.58. The van der Waals surface area contributed by atoms with Gasteiger partial charge in [0.15, 0.2) is 0 Å². The van der Waals surface area contributed by atoms with Gasteiger partial charge in [0.25, 0.3) is 0 Å². The summed E-state index contributed by atoms with van der Waals surface area (Å²) in [5, 5.41) is 10.5. The van der Waals surface area contributed by atoms with Crippen molar-refractivity contribution in [2.24, 2.45) is 0 Å². The largest absolute Gasteiger partial charge is 0.496 e.